The average Bonchev–Trinajstić information content (AvgIpc) is 3.14. The smallest absolute Gasteiger partial charge is 0.269 e. The van der Waals surface area contributed by atoms with E-state index in [-0.39, 0.29) is 24.6 Å². The van der Waals surface area contributed by atoms with E-state index in [1.807, 2.05) is 0 Å². The number of halogens is 2. The highest BCUT2D eigenvalue weighted by atomic mass is 35.5. The third-order valence-electron chi connectivity index (χ3n) is 3.67. The van der Waals surface area contributed by atoms with E-state index in [4.69, 9.17) is 16.0 Å². The van der Waals surface area contributed by atoms with Gasteiger partial charge >= 0.3 is 0 Å². The number of rotatable bonds is 5. The average molecular weight is 388 g/mol. The van der Waals surface area contributed by atoms with E-state index in [2.05, 4.69) is 15.8 Å². The lowest BCUT2D eigenvalue weighted by Crippen LogP contribution is -2.41. The van der Waals surface area contributed by atoms with Crippen molar-refractivity contribution in [2.24, 2.45) is 0 Å². The lowest BCUT2D eigenvalue weighted by Gasteiger charge is -2.06. The molecule has 0 radical (unpaired) electrons. The van der Waals surface area contributed by atoms with Crippen LogP contribution in [-0.2, 0) is 11.2 Å². The molecule has 0 spiro atoms. The topological polar surface area (TPSA) is 84.2 Å². The Kier molecular flexibility index (Phi) is 5.83. The molecule has 1 heterocycles. The van der Waals surface area contributed by atoms with Gasteiger partial charge in [-0.2, -0.15) is 0 Å². The van der Waals surface area contributed by atoms with Gasteiger partial charge in [-0.15, -0.1) is 0 Å². The Hall–Kier alpha value is -3.19. The van der Waals surface area contributed by atoms with Crippen molar-refractivity contribution in [3.05, 3.63) is 77.0 Å². The van der Waals surface area contributed by atoms with Crippen molar-refractivity contribution in [2.75, 3.05) is 0 Å². The minimum absolute atomic E-state index is 0.0737. The molecular formula is C19H15ClFN3O3. The number of aromatic nitrogens is 1. The maximum absolute atomic E-state index is 12.9. The Morgan fingerprint density at radius 1 is 1.04 bits per heavy atom. The summed E-state index contributed by atoms with van der Waals surface area (Å²) in [7, 11) is 0. The van der Waals surface area contributed by atoms with Crippen LogP contribution in [0.5, 0.6) is 0 Å². The van der Waals surface area contributed by atoms with Gasteiger partial charge in [0.1, 0.15) is 5.82 Å². The Morgan fingerprint density at radius 3 is 2.44 bits per heavy atom. The summed E-state index contributed by atoms with van der Waals surface area (Å²) in [5.41, 5.74) is 5.71. The molecule has 0 saturated heterocycles. The van der Waals surface area contributed by atoms with Gasteiger partial charge < -0.3 is 4.42 Å². The molecule has 0 aliphatic heterocycles. The second kappa shape index (κ2) is 8.46. The first-order chi connectivity index (χ1) is 13.0. The fourth-order valence-corrected chi connectivity index (χ4v) is 2.38. The van der Waals surface area contributed by atoms with Crippen LogP contribution in [0.25, 0.3) is 11.3 Å². The van der Waals surface area contributed by atoms with Crippen molar-refractivity contribution in [1.82, 2.24) is 15.8 Å². The Labute approximate surface area is 159 Å². The van der Waals surface area contributed by atoms with E-state index in [0.717, 1.165) is 0 Å². The van der Waals surface area contributed by atoms with Gasteiger partial charge in [-0.05, 0) is 48.5 Å². The standard InChI is InChI=1S/C19H15ClFN3O3/c20-14-5-1-13(2-6-14)19(26)24-23-17(25)9-10-18-22-11-16(27-18)12-3-7-15(21)8-4-12/h1-8,11H,9-10H2,(H,23,25)(H,24,26). The summed E-state index contributed by atoms with van der Waals surface area (Å²) in [4.78, 5) is 27.9. The third kappa shape index (κ3) is 5.15. The fraction of sp³-hybridized carbons (Fsp3) is 0.105. The Bertz CT molecular complexity index is 940. The summed E-state index contributed by atoms with van der Waals surface area (Å²) in [6.45, 7) is 0. The molecule has 0 fully saturated rings. The predicted octanol–water partition coefficient (Wildman–Crippen LogP) is 3.53. The first kappa shape index (κ1) is 18.6. The van der Waals surface area contributed by atoms with Crippen LogP contribution in [0.1, 0.15) is 22.7 Å². The lowest BCUT2D eigenvalue weighted by atomic mass is 10.2. The van der Waals surface area contributed by atoms with Crippen LogP contribution >= 0.6 is 11.6 Å². The van der Waals surface area contributed by atoms with Gasteiger partial charge in [0.25, 0.3) is 5.91 Å². The molecule has 138 valence electrons. The van der Waals surface area contributed by atoms with Crippen molar-refractivity contribution in [2.45, 2.75) is 12.8 Å². The number of oxazole rings is 1. The van der Waals surface area contributed by atoms with Crippen molar-refractivity contribution in [3.63, 3.8) is 0 Å². The predicted molar refractivity (Wildman–Crippen MR) is 97.3 cm³/mol. The van der Waals surface area contributed by atoms with Crippen LogP contribution in [0, 0.1) is 5.82 Å². The molecule has 8 heteroatoms. The van der Waals surface area contributed by atoms with Crippen LogP contribution < -0.4 is 10.9 Å². The summed E-state index contributed by atoms with van der Waals surface area (Å²) in [5.74, 6) is -0.320. The number of nitrogens with one attached hydrogen (secondary N) is 2. The summed E-state index contributed by atoms with van der Waals surface area (Å²) in [6, 6.07) is 12.1. The van der Waals surface area contributed by atoms with Crippen LogP contribution in [-0.4, -0.2) is 16.8 Å². The quantitative estimate of drug-likeness (QED) is 0.656. The minimum Gasteiger partial charge on any atom is -0.441 e. The summed E-state index contributed by atoms with van der Waals surface area (Å²) >= 11 is 5.76. The molecular weight excluding hydrogens is 373 g/mol. The molecule has 6 nitrogen and oxygen atoms in total. The van der Waals surface area contributed by atoms with Crippen molar-refractivity contribution in [1.29, 1.82) is 0 Å². The molecule has 3 aromatic rings. The molecule has 3 rings (SSSR count). The van der Waals surface area contributed by atoms with Crippen LogP contribution in [0.2, 0.25) is 5.02 Å². The number of benzene rings is 2. The van der Waals surface area contributed by atoms with Gasteiger partial charge in [0, 0.05) is 29.0 Å². The molecule has 0 aliphatic rings. The summed E-state index contributed by atoms with van der Waals surface area (Å²) in [5, 5.41) is 0.515. The first-order valence-electron chi connectivity index (χ1n) is 8.06. The highest BCUT2D eigenvalue weighted by molar-refractivity contribution is 6.30. The number of amides is 2. The maximum atomic E-state index is 12.9. The molecule has 0 aliphatic carbocycles. The van der Waals surface area contributed by atoms with Gasteiger partial charge in [0.15, 0.2) is 11.7 Å². The van der Waals surface area contributed by atoms with Crippen LogP contribution in [0.15, 0.2) is 59.1 Å². The number of hydrazine groups is 1. The Morgan fingerprint density at radius 2 is 1.74 bits per heavy atom. The van der Waals surface area contributed by atoms with E-state index < -0.39 is 5.91 Å². The zero-order chi connectivity index (χ0) is 19.2. The van der Waals surface area contributed by atoms with Gasteiger partial charge in [-0.1, -0.05) is 11.6 Å². The van der Waals surface area contributed by atoms with Crippen molar-refractivity contribution < 1.29 is 18.4 Å². The molecule has 2 N–H and O–H groups in total. The first-order valence-corrected chi connectivity index (χ1v) is 8.44. The second-order valence-corrected chi connectivity index (χ2v) is 6.07. The zero-order valence-electron chi connectivity index (χ0n) is 14.0. The zero-order valence-corrected chi connectivity index (χ0v) is 14.8. The monoisotopic (exact) mass is 387 g/mol. The fourth-order valence-electron chi connectivity index (χ4n) is 2.26. The molecule has 0 bridgehead atoms. The summed E-state index contributed by atoms with van der Waals surface area (Å²) < 4.78 is 18.5. The molecule has 2 amide bonds. The molecule has 0 saturated carbocycles. The van der Waals surface area contributed by atoms with E-state index in [1.165, 1.54) is 18.3 Å². The van der Waals surface area contributed by atoms with Gasteiger partial charge in [-0.25, -0.2) is 9.37 Å². The highest BCUT2D eigenvalue weighted by Crippen LogP contribution is 2.21. The number of hydrogen-bond acceptors (Lipinski definition) is 4. The molecule has 0 unspecified atom stereocenters. The number of carbonyl (C=O) groups excluding carboxylic acids is 2. The second-order valence-electron chi connectivity index (χ2n) is 5.63. The lowest BCUT2D eigenvalue weighted by molar-refractivity contribution is -0.121. The largest absolute Gasteiger partial charge is 0.441 e. The van der Waals surface area contributed by atoms with Gasteiger partial charge in [-0.3, -0.25) is 20.4 Å². The molecule has 0 atom stereocenters. The van der Waals surface area contributed by atoms with E-state index in [1.54, 1.807) is 36.4 Å². The number of aryl methyl sites for hydroxylation is 1. The highest BCUT2D eigenvalue weighted by Gasteiger charge is 2.11. The van der Waals surface area contributed by atoms with Crippen LogP contribution in [0.3, 0.4) is 0 Å². The van der Waals surface area contributed by atoms with Gasteiger partial charge in [0.2, 0.25) is 5.91 Å². The Balaban J connectivity index is 1.47. The van der Waals surface area contributed by atoms with E-state index in [9.17, 15) is 14.0 Å². The van der Waals surface area contributed by atoms with E-state index in [0.29, 0.717) is 27.8 Å². The van der Waals surface area contributed by atoms with Crippen LogP contribution in [0.4, 0.5) is 4.39 Å². The van der Waals surface area contributed by atoms with E-state index >= 15 is 0 Å². The minimum atomic E-state index is -0.449. The third-order valence-corrected chi connectivity index (χ3v) is 3.92. The summed E-state index contributed by atoms with van der Waals surface area (Å²) in [6.07, 6.45) is 1.84. The maximum Gasteiger partial charge on any atom is 0.269 e. The number of carbonyl (C=O) groups is 2. The van der Waals surface area contributed by atoms with Crippen molar-refractivity contribution >= 4 is 23.4 Å². The molecule has 1 aromatic heterocycles. The normalized spacial score (nSPS) is 10.4. The molecule has 27 heavy (non-hydrogen) atoms. The van der Waals surface area contributed by atoms with Crippen molar-refractivity contribution in [3.8, 4) is 11.3 Å². The number of hydrogen-bond donors (Lipinski definition) is 2. The molecule has 2 aromatic carbocycles. The van der Waals surface area contributed by atoms with Gasteiger partial charge in [0.05, 0.1) is 6.20 Å². The number of nitrogens with zero attached hydrogens (tertiary/aromatic N) is 1. The SMILES string of the molecule is O=C(CCc1ncc(-c2ccc(F)cc2)o1)NNC(=O)c1ccc(Cl)cc1.